The summed E-state index contributed by atoms with van der Waals surface area (Å²) in [6.45, 7) is 5.85. The number of hydrogen-bond donors (Lipinski definition) is 2. The van der Waals surface area contributed by atoms with Gasteiger partial charge in [0, 0.05) is 18.1 Å². The van der Waals surface area contributed by atoms with Crippen molar-refractivity contribution in [1.29, 1.82) is 0 Å². The first-order valence-electron chi connectivity index (χ1n) is 9.17. The van der Waals surface area contributed by atoms with Gasteiger partial charge >= 0.3 is 0 Å². The van der Waals surface area contributed by atoms with Crippen LogP contribution in [0.5, 0.6) is 5.75 Å². The van der Waals surface area contributed by atoms with E-state index in [4.69, 9.17) is 4.74 Å². The molecule has 148 valence electrons. The molecule has 0 saturated heterocycles. The van der Waals surface area contributed by atoms with Crippen molar-refractivity contribution in [2.75, 3.05) is 17.7 Å². The molecule has 0 atom stereocenters. The fourth-order valence-electron chi connectivity index (χ4n) is 2.95. The van der Waals surface area contributed by atoms with Crippen LogP contribution in [0.2, 0.25) is 0 Å². The number of aromatic nitrogens is 1. The molecule has 0 bridgehead atoms. The van der Waals surface area contributed by atoms with E-state index in [0.717, 1.165) is 22.4 Å². The molecule has 0 aliphatic rings. The molecule has 0 fully saturated rings. The maximum Gasteiger partial charge on any atom is 0.257 e. The second-order valence-electron chi connectivity index (χ2n) is 6.89. The number of rotatable bonds is 5. The second-order valence-corrected chi connectivity index (χ2v) is 6.89. The van der Waals surface area contributed by atoms with E-state index in [0.29, 0.717) is 17.0 Å². The van der Waals surface area contributed by atoms with E-state index < -0.39 is 0 Å². The van der Waals surface area contributed by atoms with Crippen molar-refractivity contribution in [3.8, 4) is 5.75 Å². The number of pyridine rings is 1. The van der Waals surface area contributed by atoms with Crippen LogP contribution in [0.25, 0.3) is 0 Å². The zero-order chi connectivity index (χ0) is 21.0. The van der Waals surface area contributed by atoms with Crippen LogP contribution in [0, 0.1) is 20.8 Å². The molecule has 0 aliphatic carbocycles. The molecule has 3 aromatic rings. The minimum absolute atomic E-state index is 0.279. The molecule has 6 nitrogen and oxygen atoms in total. The van der Waals surface area contributed by atoms with E-state index in [9.17, 15) is 9.59 Å². The first kappa shape index (κ1) is 20.1. The van der Waals surface area contributed by atoms with Gasteiger partial charge in [0.15, 0.2) is 0 Å². The van der Waals surface area contributed by atoms with Crippen molar-refractivity contribution in [3.05, 3.63) is 82.7 Å². The van der Waals surface area contributed by atoms with E-state index in [-0.39, 0.29) is 17.4 Å². The maximum absolute atomic E-state index is 12.7. The van der Waals surface area contributed by atoms with Crippen LogP contribution >= 0.6 is 0 Å². The minimum Gasteiger partial charge on any atom is -0.495 e. The molecule has 0 unspecified atom stereocenters. The van der Waals surface area contributed by atoms with Crippen LogP contribution < -0.4 is 15.4 Å². The van der Waals surface area contributed by atoms with Crippen LogP contribution in [0.4, 0.5) is 11.4 Å². The third kappa shape index (κ3) is 4.79. The number of anilines is 2. The Kier molecular flexibility index (Phi) is 5.93. The van der Waals surface area contributed by atoms with E-state index in [1.54, 1.807) is 13.2 Å². The Hall–Kier alpha value is -3.67. The van der Waals surface area contributed by atoms with Gasteiger partial charge in [-0.15, -0.1) is 0 Å². The number of amides is 2. The zero-order valence-corrected chi connectivity index (χ0v) is 16.9. The summed E-state index contributed by atoms with van der Waals surface area (Å²) in [7, 11) is 1.54. The molecular formula is C23H23N3O3. The maximum atomic E-state index is 12.7. The Balaban J connectivity index is 1.79. The van der Waals surface area contributed by atoms with E-state index in [1.807, 2.05) is 51.1 Å². The van der Waals surface area contributed by atoms with Crippen LogP contribution in [0.15, 0.2) is 54.9 Å². The lowest BCUT2D eigenvalue weighted by atomic mass is 10.1. The Bertz CT molecular complexity index is 1080. The van der Waals surface area contributed by atoms with Gasteiger partial charge in [-0.25, -0.2) is 0 Å². The second kappa shape index (κ2) is 8.56. The first-order valence-corrected chi connectivity index (χ1v) is 9.17. The predicted molar refractivity (Wildman–Crippen MR) is 114 cm³/mol. The zero-order valence-electron chi connectivity index (χ0n) is 16.9. The normalized spacial score (nSPS) is 10.3. The van der Waals surface area contributed by atoms with Crippen molar-refractivity contribution >= 4 is 23.2 Å². The van der Waals surface area contributed by atoms with Crippen LogP contribution in [-0.4, -0.2) is 23.9 Å². The van der Waals surface area contributed by atoms with Gasteiger partial charge in [-0.3, -0.25) is 14.6 Å². The number of methoxy groups -OCH3 is 1. The van der Waals surface area contributed by atoms with Gasteiger partial charge < -0.3 is 15.4 Å². The van der Waals surface area contributed by atoms with Crippen LogP contribution in [0.3, 0.4) is 0 Å². The minimum atomic E-state index is -0.373. The van der Waals surface area contributed by atoms with E-state index >= 15 is 0 Å². The Morgan fingerprint density at radius 3 is 2.00 bits per heavy atom. The first-order chi connectivity index (χ1) is 13.9. The van der Waals surface area contributed by atoms with Gasteiger partial charge in [0.25, 0.3) is 11.8 Å². The monoisotopic (exact) mass is 389 g/mol. The van der Waals surface area contributed by atoms with Crippen molar-refractivity contribution in [2.24, 2.45) is 0 Å². The van der Waals surface area contributed by atoms with E-state index in [2.05, 4.69) is 15.6 Å². The summed E-state index contributed by atoms with van der Waals surface area (Å²) in [6, 6.07) is 12.8. The Labute approximate surface area is 169 Å². The summed E-state index contributed by atoms with van der Waals surface area (Å²) in [5.74, 6) is -0.143. The molecule has 2 N–H and O–H groups in total. The summed E-state index contributed by atoms with van der Waals surface area (Å²) >= 11 is 0. The van der Waals surface area contributed by atoms with Gasteiger partial charge in [-0.05, 0) is 56.2 Å². The van der Waals surface area contributed by atoms with Gasteiger partial charge in [0.1, 0.15) is 5.75 Å². The Morgan fingerprint density at radius 1 is 0.793 bits per heavy atom. The number of nitrogens with one attached hydrogen (secondary N) is 2. The fourth-order valence-corrected chi connectivity index (χ4v) is 2.95. The lowest BCUT2D eigenvalue weighted by molar-refractivity contribution is 0.102. The van der Waals surface area contributed by atoms with Gasteiger partial charge in [0.2, 0.25) is 0 Å². The molecule has 0 saturated carbocycles. The standard InChI is InChI=1S/C23H23N3O3/c1-14-5-7-19(16(3)9-14)25-22(27)17-11-18(13-24-12-17)23(28)26-20-10-15(2)6-8-21(20)29-4/h5-13H,1-4H3,(H,25,27)(H,26,28). The summed E-state index contributed by atoms with van der Waals surface area (Å²) in [5.41, 5.74) is 4.93. The fraction of sp³-hybridized carbons (Fsp3) is 0.174. The number of ether oxygens (including phenoxy) is 1. The molecule has 0 spiro atoms. The van der Waals surface area contributed by atoms with Gasteiger partial charge in [-0.2, -0.15) is 0 Å². The predicted octanol–water partition coefficient (Wildman–Crippen LogP) is 4.52. The number of carbonyl (C=O) groups is 2. The summed E-state index contributed by atoms with van der Waals surface area (Å²) in [4.78, 5) is 29.4. The largest absolute Gasteiger partial charge is 0.495 e. The van der Waals surface area contributed by atoms with E-state index in [1.165, 1.54) is 18.5 Å². The molecular weight excluding hydrogens is 366 g/mol. The molecule has 1 heterocycles. The molecule has 6 heteroatoms. The molecule has 2 amide bonds. The third-order valence-corrected chi connectivity index (χ3v) is 4.50. The molecule has 29 heavy (non-hydrogen) atoms. The van der Waals surface area contributed by atoms with Crippen molar-refractivity contribution in [1.82, 2.24) is 4.98 Å². The van der Waals surface area contributed by atoms with Gasteiger partial charge in [-0.1, -0.05) is 23.8 Å². The highest BCUT2D eigenvalue weighted by atomic mass is 16.5. The number of hydrogen-bond acceptors (Lipinski definition) is 4. The topological polar surface area (TPSA) is 80.3 Å². The summed E-state index contributed by atoms with van der Waals surface area (Å²) in [6.07, 6.45) is 2.86. The highest BCUT2D eigenvalue weighted by Gasteiger charge is 2.14. The lowest BCUT2D eigenvalue weighted by Crippen LogP contribution is -2.17. The average molecular weight is 389 g/mol. The van der Waals surface area contributed by atoms with Crippen molar-refractivity contribution in [2.45, 2.75) is 20.8 Å². The van der Waals surface area contributed by atoms with Crippen molar-refractivity contribution in [3.63, 3.8) is 0 Å². The quantitative estimate of drug-likeness (QED) is 0.672. The highest BCUT2D eigenvalue weighted by molar-refractivity contribution is 6.09. The number of aryl methyl sites for hydroxylation is 3. The Morgan fingerprint density at radius 2 is 1.38 bits per heavy atom. The average Bonchev–Trinajstić information content (AvgIpc) is 2.70. The number of benzene rings is 2. The molecule has 0 radical (unpaired) electrons. The highest BCUT2D eigenvalue weighted by Crippen LogP contribution is 2.26. The van der Waals surface area contributed by atoms with Crippen LogP contribution in [0.1, 0.15) is 37.4 Å². The SMILES string of the molecule is COc1ccc(C)cc1NC(=O)c1cncc(C(=O)Nc2ccc(C)cc2C)c1. The molecule has 0 aliphatic heterocycles. The lowest BCUT2D eigenvalue weighted by Gasteiger charge is -2.12. The molecule has 3 rings (SSSR count). The summed E-state index contributed by atoms with van der Waals surface area (Å²) < 4.78 is 5.29. The van der Waals surface area contributed by atoms with Gasteiger partial charge in [0.05, 0.1) is 23.9 Å². The molecule has 1 aromatic heterocycles. The third-order valence-electron chi connectivity index (χ3n) is 4.50. The number of nitrogens with zero attached hydrogens (tertiary/aromatic N) is 1. The van der Waals surface area contributed by atoms with Crippen molar-refractivity contribution < 1.29 is 14.3 Å². The molecule has 2 aromatic carbocycles. The van der Waals surface area contributed by atoms with Crippen LogP contribution in [-0.2, 0) is 0 Å². The smallest absolute Gasteiger partial charge is 0.257 e. The number of carbonyl (C=O) groups excluding carboxylic acids is 2. The summed E-state index contributed by atoms with van der Waals surface area (Å²) in [5, 5.41) is 5.68.